The van der Waals surface area contributed by atoms with Crippen molar-refractivity contribution >= 4 is 18.4 Å². The third kappa shape index (κ3) is 5.40. The van der Waals surface area contributed by atoms with Gasteiger partial charge in [0, 0.05) is 6.04 Å². The normalized spacial score (nSPS) is 11.5. The van der Waals surface area contributed by atoms with E-state index >= 15 is 0 Å². The van der Waals surface area contributed by atoms with Crippen molar-refractivity contribution in [3.8, 4) is 0 Å². The lowest BCUT2D eigenvalue weighted by Crippen LogP contribution is -2.30. The minimum atomic E-state index is -0.764. The van der Waals surface area contributed by atoms with Crippen molar-refractivity contribution in [1.82, 2.24) is 5.32 Å². The average Bonchev–Trinajstić information content (AvgIpc) is 2.17. The summed E-state index contributed by atoms with van der Waals surface area (Å²) in [6, 6.07) is 9.90. The molecule has 0 bridgehead atoms. The van der Waals surface area contributed by atoms with Crippen molar-refractivity contribution in [3.63, 3.8) is 0 Å². The first kappa shape index (κ1) is 13.9. The van der Waals surface area contributed by atoms with E-state index in [1.54, 1.807) is 7.05 Å². The first-order chi connectivity index (χ1) is 6.72. The predicted octanol–water partition coefficient (Wildman–Crippen LogP) is 1.71. The van der Waals surface area contributed by atoms with Crippen molar-refractivity contribution in [2.75, 3.05) is 7.05 Å². The summed E-state index contributed by atoms with van der Waals surface area (Å²) in [5.41, 5.74) is 1.16. The molecule has 0 aromatic heterocycles. The molecule has 0 radical (unpaired) electrons. The number of likely N-dealkylation sites (N-methyl/N-ethyl adjacent to an activating group) is 1. The minimum absolute atomic E-state index is 0. The Bertz CT molecular complexity index is 290. The van der Waals surface area contributed by atoms with Gasteiger partial charge in [-0.05, 0) is 19.0 Å². The highest BCUT2D eigenvalue weighted by molar-refractivity contribution is 5.85. The van der Waals surface area contributed by atoms with Crippen molar-refractivity contribution in [1.29, 1.82) is 0 Å². The quantitative estimate of drug-likeness (QED) is 0.808. The summed E-state index contributed by atoms with van der Waals surface area (Å²) >= 11 is 0. The van der Waals surface area contributed by atoms with Crippen molar-refractivity contribution in [2.45, 2.75) is 18.9 Å². The molecule has 2 N–H and O–H groups in total. The Morgan fingerprint density at radius 1 is 1.40 bits per heavy atom. The van der Waals surface area contributed by atoms with Crippen LogP contribution in [0.5, 0.6) is 0 Å². The van der Waals surface area contributed by atoms with Crippen LogP contribution in [0.1, 0.15) is 12.0 Å². The van der Waals surface area contributed by atoms with Gasteiger partial charge in [-0.15, -0.1) is 12.4 Å². The standard InChI is InChI=1S/C11H15NO2.ClH/c1-12-10(8-11(13)14)7-9-5-3-2-4-6-9;/h2-6,10,12H,7-8H2,1H3,(H,13,14);1H. The number of aliphatic carboxylic acids is 1. The number of hydrogen-bond acceptors (Lipinski definition) is 2. The number of hydrogen-bond donors (Lipinski definition) is 2. The molecule has 1 aromatic carbocycles. The summed E-state index contributed by atoms with van der Waals surface area (Å²) in [4.78, 5) is 10.5. The number of benzene rings is 1. The number of carbonyl (C=O) groups is 1. The van der Waals surface area contributed by atoms with Crippen molar-refractivity contribution < 1.29 is 9.90 Å². The fraction of sp³-hybridized carbons (Fsp3) is 0.364. The summed E-state index contributed by atoms with van der Waals surface area (Å²) in [7, 11) is 1.79. The van der Waals surface area contributed by atoms with E-state index in [1.807, 2.05) is 30.3 Å². The molecule has 4 heteroatoms. The van der Waals surface area contributed by atoms with Gasteiger partial charge >= 0.3 is 5.97 Å². The summed E-state index contributed by atoms with van der Waals surface area (Å²) < 4.78 is 0. The Morgan fingerprint density at radius 3 is 2.47 bits per heavy atom. The fourth-order valence-corrected chi connectivity index (χ4v) is 1.39. The van der Waals surface area contributed by atoms with E-state index in [0.717, 1.165) is 12.0 Å². The maximum Gasteiger partial charge on any atom is 0.304 e. The van der Waals surface area contributed by atoms with Gasteiger partial charge < -0.3 is 10.4 Å². The Morgan fingerprint density at radius 2 is 2.00 bits per heavy atom. The molecule has 0 aliphatic rings. The highest BCUT2D eigenvalue weighted by Gasteiger charge is 2.10. The lowest BCUT2D eigenvalue weighted by Gasteiger charge is -2.13. The molecule has 1 unspecified atom stereocenters. The second-order valence-corrected chi connectivity index (χ2v) is 3.27. The van der Waals surface area contributed by atoms with Gasteiger partial charge in [-0.25, -0.2) is 0 Å². The van der Waals surface area contributed by atoms with Crippen LogP contribution in [-0.2, 0) is 11.2 Å². The number of rotatable bonds is 5. The first-order valence-corrected chi connectivity index (χ1v) is 4.65. The minimum Gasteiger partial charge on any atom is -0.481 e. The van der Waals surface area contributed by atoms with Gasteiger partial charge in [0.2, 0.25) is 0 Å². The molecule has 15 heavy (non-hydrogen) atoms. The molecule has 1 aromatic rings. The molecule has 0 saturated heterocycles. The van der Waals surface area contributed by atoms with Gasteiger partial charge in [-0.1, -0.05) is 30.3 Å². The molecule has 0 saturated carbocycles. The molecule has 0 fully saturated rings. The Labute approximate surface area is 95.9 Å². The summed E-state index contributed by atoms with van der Waals surface area (Å²) in [5, 5.41) is 11.7. The zero-order valence-corrected chi connectivity index (χ0v) is 9.46. The van der Waals surface area contributed by atoms with Crippen LogP contribution in [0, 0.1) is 0 Å². The van der Waals surface area contributed by atoms with Crippen LogP contribution < -0.4 is 5.32 Å². The van der Waals surface area contributed by atoms with Crippen molar-refractivity contribution in [3.05, 3.63) is 35.9 Å². The van der Waals surface area contributed by atoms with Crippen LogP contribution in [0.25, 0.3) is 0 Å². The largest absolute Gasteiger partial charge is 0.481 e. The van der Waals surface area contributed by atoms with Crippen LogP contribution in [0.2, 0.25) is 0 Å². The highest BCUT2D eigenvalue weighted by Crippen LogP contribution is 2.05. The molecule has 0 aliphatic heterocycles. The van der Waals surface area contributed by atoms with E-state index in [2.05, 4.69) is 5.32 Å². The maximum atomic E-state index is 10.5. The molecule has 0 spiro atoms. The topological polar surface area (TPSA) is 49.3 Å². The van der Waals surface area contributed by atoms with Gasteiger partial charge in [-0.3, -0.25) is 4.79 Å². The van der Waals surface area contributed by atoms with E-state index in [9.17, 15) is 4.79 Å². The zero-order chi connectivity index (χ0) is 10.4. The molecule has 0 amide bonds. The number of nitrogens with one attached hydrogen (secondary N) is 1. The molecule has 1 rings (SSSR count). The second kappa shape index (κ2) is 7.26. The molecule has 84 valence electrons. The lowest BCUT2D eigenvalue weighted by molar-refractivity contribution is -0.137. The summed E-state index contributed by atoms with van der Waals surface area (Å²) in [6.45, 7) is 0. The van der Waals surface area contributed by atoms with Gasteiger partial charge in [0.25, 0.3) is 0 Å². The van der Waals surface area contributed by atoms with Gasteiger partial charge in [0.15, 0.2) is 0 Å². The molecule has 3 nitrogen and oxygen atoms in total. The van der Waals surface area contributed by atoms with Crippen molar-refractivity contribution in [2.24, 2.45) is 0 Å². The Kier molecular flexibility index (Phi) is 6.75. The van der Waals surface area contributed by atoms with E-state index in [4.69, 9.17) is 5.11 Å². The molecule has 0 heterocycles. The van der Waals surface area contributed by atoms with Crippen LogP contribution in [0.3, 0.4) is 0 Å². The van der Waals surface area contributed by atoms with E-state index in [-0.39, 0.29) is 24.9 Å². The first-order valence-electron chi connectivity index (χ1n) is 4.65. The van der Waals surface area contributed by atoms with Crippen LogP contribution in [-0.4, -0.2) is 24.2 Å². The van der Waals surface area contributed by atoms with Crippen LogP contribution in [0.4, 0.5) is 0 Å². The third-order valence-electron chi connectivity index (χ3n) is 2.15. The summed E-state index contributed by atoms with van der Waals surface area (Å²) in [5.74, 6) is -0.764. The van der Waals surface area contributed by atoms with E-state index in [0.29, 0.717) is 0 Å². The maximum absolute atomic E-state index is 10.5. The predicted molar refractivity (Wildman–Crippen MR) is 62.5 cm³/mol. The third-order valence-corrected chi connectivity index (χ3v) is 2.15. The molecule has 0 aliphatic carbocycles. The zero-order valence-electron chi connectivity index (χ0n) is 8.64. The van der Waals surface area contributed by atoms with E-state index in [1.165, 1.54) is 0 Å². The SMILES string of the molecule is CNC(CC(=O)O)Cc1ccccc1.Cl. The number of halogens is 1. The van der Waals surface area contributed by atoms with Gasteiger partial charge in [0.05, 0.1) is 6.42 Å². The Balaban J connectivity index is 0.00000196. The number of carboxylic acid groups (broad SMARTS) is 1. The molecule has 1 atom stereocenters. The van der Waals surface area contributed by atoms with Gasteiger partial charge in [0.1, 0.15) is 0 Å². The lowest BCUT2D eigenvalue weighted by atomic mass is 10.0. The summed E-state index contributed by atoms with van der Waals surface area (Å²) in [6.07, 6.45) is 0.912. The van der Waals surface area contributed by atoms with E-state index < -0.39 is 5.97 Å². The van der Waals surface area contributed by atoms with Crippen LogP contribution >= 0.6 is 12.4 Å². The van der Waals surface area contributed by atoms with Gasteiger partial charge in [-0.2, -0.15) is 0 Å². The highest BCUT2D eigenvalue weighted by atomic mass is 35.5. The monoisotopic (exact) mass is 229 g/mol. The molecular formula is C11H16ClNO2. The second-order valence-electron chi connectivity index (χ2n) is 3.27. The Hall–Kier alpha value is -1.06. The fourth-order valence-electron chi connectivity index (χ4n) is 1.39. The average molecular weight is 230 g/mol. The molecular weight excluding hydrogens is 214 g/mol. The smallest absolute Gasteiger partial charge is 0.304 e. The number of carboxylic acids is 1. The van der Waals surface area contributed by atoms with Crippen LogP contribution in [0.15, 0.2) is 30.3 Å².